The topological polar surface area (TPSA) is 108 Å². The summed E-state index contributed by atoms with van der Waals surface area (Å²) in [4.78, 5) is 16.6. The van der Waals surface area contributed by atoms with Crippen LogP contribution in [0.1, 0.15) is 15.2 Å². The summed E-state index contributed by atoms with van der Waals surface area (Å²) in [6.45, 7) is 0.256. The summed E-state index contributed by atoms with van der Waals surface area (Å²) in [6, 6.07) is 3.81. The summed E-state index contributed by atoms with van der Waals surface area (Å²) in [6.07, 6.45) is 1.54. The molecule has 0 bridgehead atoms. The van der Waals surface area contributed by atoms with Gasteiger partial charge in [0, 0.05) is 5.56 Å². The number of nitrogens with one attached hydrogen (secondary N) is 1. The molecule has 102 valence electrons. The quantitative estimate of drug-likeness (QED) is 0.489. The van der Waals surface area contributed by atoms with Gasteiger partial charge in [0.25, 0.3) is 5.91 Å². The van der Waals surface area contributed by atoms with E-state index >= 15 is 0 Å². The van der Waals surface area contributed by atoms with Gasteiger partial charge < -0.3 is 15.9 Å². The molecule has 7 heteroatoms. The Kier molecular flexibility index (Phi) is 4.20. The first kappa shape index (κ1) is 13.9. The number of carbonyl (C=O) groups is 1. The lowest BCUT2D eigenvalue weighted by molar-refractivity contribution is 0.102. The maximum Gasteiger partial charge on any atom is 0.257 e. The number of aromatic hydroxyl groups is 2. The van der Waals surface area contributed by atoms with Crippen LogP contribution in [0.25, 0.3) is 0 Å². The van der Waals surface area contributed by atoms with E-state index in [1.807, 2.05) is 0 Å². The number of amides is 1. The third kappa shape index (κ3) is 3.26. The van der Waals surface area contributed by atoms with Crippen molar-refractivity contribution in [3.63, 3.8) is 0 Å². The van der Waals surface area contributed by atoms with Crippen LogP contribution >= 0.6 is 11.3 Å². The van der Waals surface area contributed by atoms with Crippen molar-refractivity contribution in [1.29, 1.82) is 0 Å². The maximum atomic E-state index is 11.9. The predicted octanol–water partition coefficient (Wildman–Crippen LogP) is 1.12. The number of nitrogens with zero attached hydrogens (tertiary/aromatic N) is 1. The first-order valence-corrected chi connectivity index (χ1v) is 6.40. The van der Waals surface area contributed by atoms with Gasteiger partial charge >= 0.3 is 0 Å². The number of thiazole rings is 1. The molecular formula is C13H11N3O3S. The van der Waals surface area contributed by atoms with Gasteiger partial charge in [-0.25, -0.2) is 4.98 Å². The zero-order chi connectivity index (χ0) is 14.5. The fourth-order valence-corrected chi connectivity index (χ4v) is 2.05. The van der Waals surface area contributed by atoms with Gasteiger partial charge in [0.1, 0.15) is 0 Å². The molecule has 0 saturated carbocycles. The molecule has 0 aliphatic rings. The van der Waals surface area contributed by atoms with Gasteiger partial charge in [0.15, 0.2) is 16.6 Å². The average Bonchev–Trinajstić information content (AvgIpc) is 2.87. The van der Waals surface area contributed by atoms with E-state index in [0.29, 0.717) is 10.0 Å². The zero-order valence-electron chi connectivity index (χ0n) is 10.3. The Morgan fingerprint density at radius 3 is 2.90 bits per heavy atom. The molecule has 0 spiro atoms. The van der Waals surface area contributed by atoms with E-state index < -0.39 is 5.91 Å². The molecular weight excluding hydrogens is 278 g/mol. The fourth-order valence-electron chi connectivity index (χ4n) is 1.36. The van der Waals surface area contributed by atoms with Crippen LogP contribution in [0.2, 0.25) is 0 Å². The molecule has 1 aromatic heterocycles. The molecule has 0 atom stereocenters. The van der Waals surface area contributed by atoms with Crippen molar-refractivity contribution in [3.8, 4) is 23.3 Å². The number of nitrogens with two attached hydrogens (primary N) is 1. The van der Waals surface area contributed by atoms with Gasteiger partial charge in [-0.05, 0) is 18.2 Å². The third-order valence-corrected chi connectivity index (χ3v) is 3.11. The number of anilines is 1. The number of aromatic nitrogens is 1. The SMILES string of the molecule is NCC#Cc1cnc(NC(=O)c2ccc(O)c(O)c2)s1. The van der Waals surface area contributed by atoms with Crippen LogP contribution < -0.4 is 11.1 Å². The van der Waals surface area contributed by atoms with Crippen molar-refractivity contribution in [3.05, 3.63) is 34.8 Å². The molecule has 0 aliphatic heterocycles. The number of benzene rings is 1. The van der Waals surface area contributed by atoms with Crippen LogP contribution in [0.3, 0.4) is 0 Å². The van der Waals surface area contributed by atoms with Crippen LogP contribution in [0.15, 0.2) is 24.4 Å². The van der Waals surface area contributed by atoms with Crippen molar-refractivity contribution < 1.29 is 15.0 Å². The van der Waals surface area contributed by atoms with Crippen LogP contribution in [0, 0.1) is 11.8 Å². The van der Waals surface area contributed by atoms with Crippen molar-refractivity contribution in [1.82, 2.24) is 4.98 Å². The Morgan fingerprint density at radius 2 is 2.20 bits per heavy atom. The first-order chi connectivity index (χ1) is 9.60. The fraction of sp³-hybridized carbons (Fsp3) is 0.0769. The van der Waals surface area contributed by atoms with E-state index in [0.717, 1.165) is 0 Å². The van der Waals surface area contributed by atoms with Gasteiger partial charge in [0.2, 0.25) is 0 Å². The number of phenolic OH excluding ortho intramolecular Hbond substituents is 2. The molecule has 1 heterocycles. The highest BCUT2D eigenvalue weighted by atomic mass is 32.1. The van der Waals surface area contributed by atoms with Crippen molar-refractivity contribution in [2.75, 3.05) is 11.9 Å². The molecule has 0 radical (unpaired) electrons. The number of phenols is 2. The van der Waals surface area contributed by atoms with Crippen LogP contribution in [-0.4, -0.2) is 27.6 Å². The van der Waals surface area contributed by atoms with E-state index in [-0.39, 0.29) is 23.6 Å². The second-order valence-electron chi connectivity index (χ2n) is 3.69. The Balaban J connectivity index is 2.11. The highest BCUT2D eigenvalue weighted by Gasteiger charge is 2.10. The van der Waals surface area contributed by atoms with Gasteiger partial charge in [-0.15, -0.1) is 0 Å². The molecule has 0 fully saturated rings. The Hall–Kier alpha value is -2.56. The van der Waals surface area contributed by atoms with Gasteiger partial charge in [-0.3, -0.25) is 10.1 Å². The average molecular weight is 289 g/mol. The monoisotopic (exact) mass is 289 g/mol. The first-order valence-electron chi connectivity index (χ1n) is 5.58. The molecule has 0 aliphatic carbocycles. The summed E-state index contributed by atoms with van der Waals surface area (Å²) in [5.74, 6) is 4.43. The third-order valence-electron chi connectivity index (χ3n) is 2.28. The number of carbonyl (C=O) groups excluding carboxylic acids is 1. The summed E-state index contributed by atoms with van der Waals surface area (Å²) < 4.78 is 0. The van der Waals surface area contributed by atoms with Gasteiger partial charge in [-0.2, -0.15) is 0 Å². The van der Waals surface area contributed by atoms with Crippen LogP contribution in [-0.2, 0) is 0 Å². The van der Waals surface area contributed by atoms with Crippen LogP contribution in [0.5, 0.6) is 11.5 Å². The molecule has 5 N–H and O–H groups in total. The smallest absolute Gasteiger partial charge is 0.257 e. The minimum atomic E-state index is -0.437. The standard InChI is InChI=1S/C13H11N3O3S/c14-5-1-2-9-7-15-13(20-9)16-12(19)8-3-4-10(17)11(18)6-8/h3-4,6-7,17-18H,5,14H2,(H,15,16,19). The van der Waals surface area contributed by atoms with Crippen molar-refractivity contribution in [2.24, 2.45) is 5.73 Å². The lowest BCUT2D eigenvalue weighted by atomic mass is 10.2. The van der Waals surface area contributed by atoms with Gasteiger partial charge in [-0.1, -0.05) is 23.2 Å². The highest BCUT2D eigenvalue weighted by molar-refractivity contribution is 7.16. The Labute approximate surface area is 118 Å². The van der Waals surface area contributed by atoms with Crippen molar-refractivity contribution >= 4 is 22.4 Å². The molecule has 2 aromatic rings. The number of hydrogen-bond acceptors (Lipinski definition) is 6. The minimum absolute atomic E-state index is 0.213. The number of hydrogen-bond donors (Lipinski definition) is 4. The molecule has 1 amide bonds. The number of rotatable bonds is 2. The molecule has 1 aromatic carbocycles. The highest BCUT2D eigenvalue weighted by Crippen LogP contribution is 2.25. The minimum Gasteiger partial charge on any atom is -0.504 e. The molecule has 0 unspecified atom stereocenters. The lowest BCUT2D eigenvalue weighted by Crippen LogP contribution is -2.11. The predicted molar refractivity (Wildman–Crippen MR) is 75.8 cm³/mol. The van der Waals surface area contributed by atoms with E-state index in [1.165, 1.54) is 35.7 Å². The van der Waals surface area contributed by atoms with E-state index in [1.54, 1.807) is 0 Å². The van der Waals surface area contributed by atoms with Gasteiger partial charge in [0.05, 0.1) is 17.6 Å². The largest absolute Gasteiger partial charge is 0.504 e. The summed E-state index contributed by atoms with van der Waals surface area (Å²) in [5, 5.41) is 21.5. The lowest BCUT2D eigenvalue weighted by Gasteiger charge is -2.03. The van der Waals surface area contributed by atoms with Crippen molar-refractivity contribution in [2.45, 2.75) is 0 Å². The zero-order valence-corrected chi connectivity index (χ0v) is 11.1. The summed E-state index contributed by atoms with van der Waals surface area (Å²) >= 11 is 1.22. The van der Waals surface area contributed by atoms with E-state index in [2.05, 4.69) is 22.1 Å². The molecule has 0 saturated heterocycles. The molecule has 2 rings (SSSR count). The van der Waals surface area contributed by atoms with Crippen LogP contribution in [0.4, 0.5) is 5.13 Å². The molecule has 6 nitrogen and oxygen atoms in total. The summed E-state index contributed by atoms with van der Waals surface area (Å²) in [5.41, 5.74) is 5.48. The van der Waals surface area contributed by atoms with E-state index in [4.69, 9.17) is 5.73 Å². The Morgan fingerprint density at radius 1 is 1.40 bits per heavy atom. The second kappa shape index (κ2) is 6.06. The second-order valence-corrected chi connectivity index (χ2v) is 4.72. The summed E-state index contributed by atoms with van der Waals surface area (Å²) in [7, 11) is 0. The van der Waals surface area contributed by atoms with E-state index in [9.17, 15) is 15.0 Å². The maximum absolute atomic E-state index is 11.9. The Bertz CT molecular complexity index is 700. The normalized spacial score (nSPS) is 9.65. The molecule has 20 heavy (non-hydrogen) atoms.